The SMILES string of the molecule is C[SiH]C.Cc1cc(C)c(C)[cH-]1.Cc1cc(C)c(C)[cH-]1.Cl.[Lu]. The molecule has 0 unspecified atom stereocenters. The van der Waals surface area contributed by atoms with Gasteiger partial charge in [0.2, 0.25) is 0 Å². The van der Waals surface area contributed by atoms with Gasteiger partial charge in [0, 0.05) is 46.4 Å². The Bertz CT molecular complexity index is 400. The number of halogens is 1. The van der Waals surface area contributed by atoms with E-state index in [0.717, 1.165) is 9.52 Å². The molecule has 0 bridgehead atoms. The van der Waals surface area contributed by atoms with Crippen molar-refractivity contribution in [2.24, 2.45) is 0 Å². The summed E-state index contributed by atoms with van der Waals surface area (Å²) in [6.45, 7) is 17.2. The molecule has 0 nitrogen and oxygen atoms in total. The third kappa shape index (κ3) is 11.6. The van der Waals surface area contributed by atoms with Crippen molar-refractivity contribution >= 4 is 21.9 Å². The van der Waals surface area contributed by atoms with Crippen LogP contribution in [0.2, 0.25) is 13.1 Å². The van der Waals surface area contributed by atoms with E-state index >= 15 is 0 Å². The van der Waals surface area contributed by atoms with Crippen LogP contribution in [-0.4, -0.2) is 9.52 Å². The van der Waals surface area contributed by atoms with E-state index < -0.39 is 0 Å². The molecule has 2 radical (unpaired) electrons. The molecule has 21 heavy (non-hydrogen) atoms. The zero-order valence-electron chi connectivity index (χ0n) is 14.6. The van der Waals surface area contributed by atoms with E-state index in [9.17, 15) is 0 Å². The quantitative estimate of drug-likeness (QED) is 0.337. The molecule has 0 heterocycles. The van der Waals surface area contributed by atoms with E-state index in [2.05, 4.69) is 78.9 Å². The molecule has 2 rings (SSSR count). The monoisotopic (exact) mass is 484 g/mol. The largest absolute Gasteiger partial charge is 0.208 e. The van der Waals surface area contributed by atoms with Gasteiger partial charge < -0.3 is 0 Å². The van der Waals surface area contributed by atoms with Crippen molar-refractivity contribution < 1.29 is 36.9 Å². The minimum absolute atomic E-state index is 0. The minimum Gasteiger partial charge on any atom is -0.208 e. The molecular weight excluding hydrogens is 455 g/mol. The van der Waals surface area contributed by atoms with E-state index in [1.165, 1.54) is 33.4 Å². The first kappa shape index (κ1) is 26.3. The standard InChI is InChI=1S/2C8H11.C2H7Si.ClH.Lu/c2*1-6-4-7(2)8(3)5-6;1-3-2;;/h2*4-5H,1-3H3;3H,1-2H3;1H;/q2*-1;;;. The molecule has 0 amide bonds. The van der Waals surface area contributed by atoms with Gasteiger partial charge in [-0.05, 0) is 0 Å². The number of aryl methyl sites for hydroxylation is 6. The zero-order chi connectivity index (χ0) is 15.0. The van der Waals surface area contributed by atoms with Gasteiger partial charge in [-0.25, -0.2) is 12.1 Å². The summed E-state index contributed by atoms with van der Waals surface area (Å²) in [6.07, 6.45) is 0. The predicted molar refractivity (Wildman–Crippen MR) is 98.6 cm³/mol. The molecule has 3 heteroatoms. The molecule has 0 fully saturated rings. The average Bonchev–Trinajstić information content (AvgIpc) is 2.72. The van der Waals surface area contributed by atoms with Gasteiger partial charge in [0.25, 0.3) is 0 Å². The number of rotatable bonds is 0. The van der Waals surface area contributed by atoms with E-state index in [1.807, 2.05) is 0 Å². The maximum Gasteiger partial charge on any atom is 0.0213 e. The Morgan fingerprint density at radius 3 is 1.00 bits per heavy atom. The molecule has 0 aliphatic heterocycles. The maximum atomic E-state index is 2.21. The molecule has 2 aromatic rings. The van der Waals surface area contributed by atoms with Crippen LogP contribution in [0, 0.1) is 78.4 Å². The minimum atomic E-state index is 0. The van der Waals surface area contributed by atoms with E-state index in [0.29, 0.717) is 0 Å². The molecule has 0 aliphatic carbocycles. The smallest absolute Gasteiger partial charge is 0.0213 e. The van der Waals surface area contributed by atoms with Crippen LogP contribution < -0.4 is 0 Å². The van der Waals surface area contributed by atoms with Crippen molar-refractivity contribution in [1.82, 2.24) is 0 Å². The Hall–Kier alpha value is 0.441. The summed E-state index contributed by atoms with van der Waals surface area (Å²) >= 11 is 0. The van der Waals surface area contributed by atoms with Crippen LogP contribution in [0.3, 0.4) is 0 Å². The van der Waals surface area contributed by atoms with Gasteiger partial charge in [-0.1, -0.05) is 54.6 Å². The van der Waals surface area contributed by atoms with E-state index in [1.54, 1.807) is 0 Å². The van der Waals surface area contributed by atoms with Crippen LogP contribution >= 0.6 is 12.4 Å². The summed E-state index contributed by atoms with van der Waals surface area (Å²) in [5.74, 6) is 0. The topological polar surface area (TPSA) is 0 Å². The van der Waals surface area contributed by atoms with Crippen molar-refractivity contribution in [3.63, 3.8) is 0 Å². The zero-order valence-corrected chi connectivity index (χ0v) is 18.2. The van der Waals surface area contributed by atoms with Crippen molar-refractivity contribution in [3.05, 3.63) is 57.6 Å². The number of hydrogen-bond donors (Lipinski definition) is 0. The molecule has 0 aliphatic rings. The van der Waals surface area contributed by atoms with Gasteiger partial charge in [0.1, 0.15) is 0 Å². The molecule has 0 atom stereocenters. The van der Waals surface area contributed by atoms with Crippen LogP contribution in [0.25, 0.3) is 0 Å². The second-order valence-electron chi connectivity index (χ2n) is 5.37. The van der Waals surface area contributed by atoms with Crippen molar-refractivity contribution in [2.75, 3.05) is 0 Å². The Labute approximate surface area is 169 Å². The fourth-order valence-corrected chi connectivity index (χ4v) is 1.90. The molecule has 2 aromatic carbocycles. The van der Waals surface area contributed by atoms with Crippen LogP contribution in [-0.2, 0) is 0 Å². The summed E-state index contributed by atoms with van der Waals surface area (Å²) < 4.78 is 0. The van der Waals surface area contributed by atoms with Crippen molar-refractivity contribution in [3.8, 4) is 0 Å². The molecule has 130 valence electrons. The van der Waals surface area contributed by atoms with Crippen LogP contribution in [0.5, 0.6) is 0 Å². The average molecular weight is 485 g/mol. The fourth-order valence-electron chi connectivity index (χ4n) is 1.90. The normalized spacial score (nSPS) is 8.38. The van der Waals surface area contributed by atoms with Crippen LogP contribution in [0.15, 0.2) is 24.3 Å². The van der Waals surface area contributed by atoms with Crippen molar-refractivity contribution in [2.45, 2.75) is 54.6 Å². The summed E-state index contributed by atoms with van der Waals surface area (Å²) in [7, 11) is 0.750. The first-order valence-electron chi connectivity index (χ1n) is 6.96. The predicted octanol–water partition coefficient (Wildman–Crippen LogP) is 5.60. The second-order valence-corrected chi connectivity index (χ2v) is 6.53. The summed E-state index contributed by atoms with van der Waals surface area (Å²) in [6, 6.07) is 8.81. The Morgan fingerprint density at radius 1 is 0.714 bits per heavy atom. The third-order valence-corrected chi connectivity index (χ3v) is 3.02. The molecule has 0 spiro atoms. The molecule has 0 saturated heterocycles. The molecular formula is C18H30ClLuSi-2. The Balaban J connectivity index is -0.000000242. The summed E-state index contributed by atoms with van der Waals surface area (Å²) in [5.41, 5.74) is 8.37. The van der Waals surface area contributed by atoms with E-state index in [4.69, 9.17) is 0 Å². The second kappa shape index (κ2) is 14.1. The van der Waals surface area contributed by atoms with Crippen LogP contribution in [0.1, 0.15) is 33.4 Å². The van der Waals surface area contributed by atoms with Gasteiger partial charge in [-0.3, -0.25) is 0 Å². The maximum absolute atomic E-state index is 2.21. The Morgan fingerprint density at radius 2 is 0.952 bits per heavy atom. The molecule has 0 N–H and O–H groups in total. The first-order valence-corrected chi connectivity index (χ1v) is 9.27. The van der Waals surface area contributed by atoms with Crippen molar-refractivity contribution in [1.29, 1.82) is 0 Å². The van der Waals surface area contributed by atoms with Gasteiger partial charge in [0.15, 0.2) is 0 Å². The van der Waals surface area contributed by atoms with E-state index in [-0.39, 0.29) is 49.3 Å². The van der Waals surface area contributed by atoms with Gasteiger partial charge >= 0.3 is 0 Å². The summed E-state index contributed by atoms with van der Waals surface area (Å²) in [4.78, 5) is 0. The molecule has 0 aromatic heterocycles. The summed E-state index contributed by atoms with van der Waals surface area (Å²) in [5, 5.41) is 0. The Kier molecular flexibility index (Phi) is 17.6. The van der Waals surface area contributed by atoms with Gasteiger partial charge in [0.05, 0.1) is 0 Å². The van der Waals surface area contributed by atoms with Gasteiger partial charge in [-0.2, -0.15) is 45.5 Å². The van der Waals surface area contributed by atoms with Gasteiger partial charge in [-0.15, -0.1) is 12.4 Å². The van der Waals surface area contributed by atoms with Crippen LogP contribution in [0.4, 0.5) is 0 Å². The third-order valence-electron chi connectivity index (χ3n) is 3.02. The fraction of sp³-hybridized carbons (Fsp3) is 0.444. The molecule has 0 saturated carbocycles. The number of hydrogen-bond acceptors (Lipinski definition) is 0. The first-order chi connectivity index (χ1) is 8.81.